The number of benzene rings is 1. The van der Waals surface area contributed by atoms with Crippen molar-refractivity contribution in [1.82, 2.24) is 0 Å². The Hall–Kier alpha value is -0.340. The molecule has 0 amide bonds. The molecule has 0 saturated heterocycles. The third kappa shape index (κ3) is 12.3. The van der Waals surface area contributed by atoms with Crippen molar-refractivity contribution in [2.24, 2.45) is 0 Å². The summed E-state index contributed by atoms with van der Waals surface area (Å²) in [6.07, 6.45) is 0. The molecule has 0 radical (unpaired) electrons. The Morgan fingerprint density at radius 1 is 0.636 bits per heavy atom. The quantitative estimate of drug-likeness (QED) is 0.105. The Labute approximate surface area is 202 Å². The van der Waals surface area contributed by atoms with Crippen molar-refractivity contribution in [3.8, 4) is 0 Å². The predicted octanol–water partition coefficient (Wildman–Crippen LogP) is 1.74. The normalized spacial score (nSPS) is 13.2. The molecule has 0 aromatic heterocycles. The highest BCUT2D eigenvalue weighted by Crippen LogP contribution is 2.40. The van der Waals surface area contributed by atoms with Crippen LogP contribution in [-0.4, -0.2) is 56.8 Å². The Kier molecular flexibility index (Phi) is 10.8. The summed E-state index contributed by atoms with van der Waals surface area (Å²) in [4.78, 5) is 10.7. The van der Waals surface area contributed by atoms with Gasteiger partial charge in [0, 0.05) is 77.3 Å². The molecule has 0 aliphatic rings. The molecule has 0 aliphatic carbocycles. The molecule has 0 spiro atoms. The van der Waals surface area contributed by atoms with Gasteiger partial charge >= 0.3 is 36.6 Å². The average molecular weight is 628 g/mol. The maximum absolute atomic E-state index is 11.8. The smallest absolute Gasteiger partial charge is 0.277 e. The van der Waals surface area contributed by atoms with Gasteiger partial charge in [0.05, 0.1) is 4.92 Å². The number of nitro benzene ring substituents is 1. The third-order valence-corrected chi connectivity index (χ3v) is 11.2. The first-order chi connectivity index (χ1) is 14.7. The number of nitrogens with zero attached hydrogens (tertiary/aromatic N) is 1. The van der Waals surface area contributed by atoms with Gasteiger partial charge in [0.25, 0.3) is 5.69 Å². The topological polar surface area (TPSA) is 261 Å². The summed E-state index contributed by atoms with van der Waals surface area (Å²) >= 11 is 0. The third-order valence-electron chi connectivity index (χ3n) is 3.31. The van der Waals surface area contributed by atoms with Crippen LogP contribution in [0, 0.1) is 10.1 Å². The van der Waals surface area contributed by atoms with Gasteiger partial charge in [-0.25, -0.2) is 0 Å². The highest BCUT2D eigenvalue weighted by molar-refractivity contribution is 8.70. The van der Waals surface area contributed by atoms with Gasteiger partial charge < -0.3 is 0 Å². The highest BCUT2D eigenvalue weighted by Gasteiger charge is 2.30. The van der Waals surface area contributed by atoms with Gasteiger partial charge in [-0.3, -0.25) is 28.3 Å². The second-order valence-corrected chi connectivity index (χ2v) is 18.9. The summed E-state index contributed by atoms with van der Waals surface area (Å²) in [6, 6.07) is 0.989. The van der Waals surface area contributed by atoms with Gasteiger partial charge in [-0.15, -0.1) is 0 Å². The van der Waals surface area contributed by atoms with Gasteiger partial charge in [-0.2, -0.15) is 33.7 Å². The molecule has 1 aromatic carbocycles. The van der Waals surface area contributed by atoms with E-state index in [0.717, 1.165) is 6.07 Å². The van der Waals surface area contributed by atoms with Crippen LogP contribution in [0.4, 0.5) is 5.69 Å². The minimum atomic E-state index is -4.75. The largest absolute Gasteiger partial charge is 0.320 e. The van der Waals surface area contributed by atoms with Crippen molar-refractivity contribution >= 4 is 85.5 Å². The summed E-state index contributed by atoms with van der Waals surface area (Å²) in [5.41, 5.74) is -2.45. The Morgan fingerprint density at radius 3 is 1.15 bits per heavy atom. The van der Waals surface area contributed by atoms with Gasteiger partial charge in [0.1, 0.15) is 0 Å². The van der Waals surface area contributed by atoms with Crippen molar-refractivity contribution in [2.45, 2.75) is 23.0 Å². The molecule has 0 heterocycles. The van der Waals surface area contributed by atoms with Gasteiger partial charge in [0.2, 0.25) is 0 Å². The minimum absolute atomic E-state index is 0.121. The second-order valence-electron chi connectivity index (χ2n) is 5.52. The van der Waals surface area contributed by atoms with E-state index in [1.807, 2.05) is 0 Å². The van der Waals surface area contributed by atoms with Gasteiger partial charge in [-0.05, 0) is 11.1 Å². The predicted molar refractivity (Wildman–Crippen MR) is 124 cm³/mol. The molecular weight excluding hydrogens is 615 g/mol. The number of nitro groups is 1. The molecule has 0 atom stereocenters. The van der Waals surface area contributed by atoms with Crippen molar-refractivity contribution in [2.75, 3.05) is 0 Å². The van der Waals surface area contributed by atoms with E-state index in [1.165, 1.54) is 0 Å². The molecule has 4 N–H and O–H groups in total. The zero-order valence-corrected chi connectivity index (χ0v) is 22.0. The molecule has 0 aliphatic heterocycles. The van der Waals surface area contributed by atoms with E-state index in [2.05, 4.69) is 0 Å². The van der Waals surface area contributed by atoms with E-state index in [4.69, 9.17) is 18.2 Å². The zero-order chi connectivity index (χ0) is 25.8. The molecule has 0 unspecified atom stereocenters. The first kappa shape index (κ1) is 30.7. The van der Waals surface area contributed by atoms with Crippen LogP contribution in [0.5, 0.6) is 0 Å². The number of rotatable bonds is 13. The number of hydrogen-bond donors (Lipinski definition) is 4. The Balaban J connectivity index is 3.85. The van der Waals surface area contributed by atoms with Crippen LogP contribution in [0.2, 0.25) is 0 Å². The molecule has 1 aromatic rings. The van der Waals surface area contributed by atoms with E-state index < -0.39 is 81.3 Å². The van der Waals surface area contributed by atoms with E-state index in [-0.39, 0.29) is 54.3 Å². The van der Waals surface area contributed by atoms with E-state index in [9.17, 15) is 43.8 Å². The molecular formula is C10H13NO14S8. The van der Waals surface area contributed by atoms with Gasteiger partial charge in [0.15, 0.2) is 0 Å². The van der Waals surface area contributed by atoms with Crippen LogP contribution < -0.4 is 0 Å². The SMILES string of the molecule is O=[N+]([O-])c1c(CSS(=O)(=O)O)c(CSS(=O)(=O)O)cc(CSS(=O)(=O)O)c1CSS(=O)(=O)O. The average Bonchev–Trinajstić information content (AvgIpc) is 2.58. The van der Waals surface area contributed by atoms with Crippen LogP contribution in [0.3, 0.4) is 0 Å². The zero-order valence-electron chi connectivity index (χ0n) is 15.5. The lowest BCUT2D eigenvalue weighted by Crippen LogP contribution is -2.09. The van der Waals surface area contributed by atoms with E-state index in [0.29, 0.717) is 0 Å². The monoisotopic (exact) mass is 627 g/mol. The van der Waals surface area contributed by atoms with E-state index >= 15 is 0 Å². The minimum Gasteiger partial charge on any atom is -0.277 e. The molecule has 23 heteroatoms. The molecule has 1 rings (SSSR count). The van der Waals surface area contributed by atoms with Crippen LogP contribution in [-0.2, 0) is 59.6 Å². The molecule has 0 bridgehead atoms. The fourth-order valence-corrected chi connectivity index (χ4v) is 7.71. The first-order valence-electron chi connectivity index (χ1n) is 7.47. The van der Waals surface area contributed by atoms with Gasteiger partial charge in [-0.1, -0.05) is 6.07 Å². The fraction of sp³-hybridized carbons (Fsp3) is 0.400. The van der Waals surface area contributed by atoms with E-state index in [1.54, 1.807) is 0 Å². The van der Waals surface area contributed by atoms with Crippen LogP contribution >= 0.6 is 43.2 Å². The maximum atomic E-state index is 11.8. The lowest BCUT2D eigenvalue weighted by Gasteiger charge is -2.16. The molecule has 0 fully saturated rings. The van der Waals surface area contributed by atoms with Crippen LogP contribution in [0.25, 0.3) is 0 Å². The first-order valence-corrected chi connectivity index (χ1v) is 19.2. The Morgan fingerprint density at radius 2 is 0.909 bits per heavy atom. The maximum Gasteiger partial charge on any atom is 0.320 e. The van der Waals surface area contributed by atoms with Crippen molar-refractivity contribution in [3.05, 3.63) is 38.4 Å². The lowest BCUT2D eigenvalue weighted by atomic mass is 9.98. The standard InChI is InChI=1S/C10H13NO14S8/c12-11(13)10-8(4-28-32(20,21)22)6(2-26-30(14,15)16)1-7(3-27-31(17,18)19)9(10)5-29-33(23,24)25/h1H,2-5H2,(H,14,15,16)(H,17,18,19)(H,20,21,22)(H,23,24,25). The second kappa shape index (κ2) is 11.6. The molecule has 33 heavy (non-hydrogen) atoms. The summed E-state index contributed by atoms with van der Waals surface area (Å²) in [5.74, 6) is -3.05. The summed E-state index contributed by atoms with van der Waals surface area (Å²) in [5, 5.41) is 11.8. The summed E-state index contributed by atoms with van der Waals surface area (Å²) in [7, 11) is -19.5. The van der Waals surface area contributed by atoms with Crippen molar-refractivity contribution in [3.63, 3.8) is 0 Å². The Bertz CT molecular complexity index is 1240. The van der Waals surface area contributed by atoms with Crippen LogP contribution in [0.1, 0.15) is 22.3 Å². The van der Waals surface area contributed by atoms with Crippen molar-refractivity contribution < 1.29 is 56.8 Å². The lowest BCUT2D eigenvalue weighted by molar-refractivity contribution is -0.386. The number of hydrogen-bond acceptors (Lipinski definition) is 14. The summed E-state index contributed by atoms with van der Waals surface area (Å²) in [6.45, 7) is 0. The molecule has 0 saturated carbocycles. The molecule has 190 valence electrons. The summed E-state index contributed by atoms with van der Waals surface area (Å²) < 4.78 is 125. The highest BCUT2D eigenvalue weighted by atomic mass is 33.2. The van der Waals surface area contributed by atoms with Crippen molar-refractivity contribution in [1.29, 1.82) is 0 Å². The molecule has 15 nitrogen and oxygen atoms in total. The fourth-order valence-electron chi connectivity index (χ4n) is 2.21. The van der Waals surface area contributed by atoms with Crippen LogP contribution in [0.15, 0.2) is 6.07 Å².